The number of rotatable bonds is 5. The minimum atomic E-state index is -3.05. The molecule has 2 atom stereocenters. The average Bonchev–Trinajstić information content (AvgIpc) is 3.16. The van der Waals surface area contributed by atoms with Crippen LogP contribution in [-0.4, -0.2) is 75.3 Å². The molecule has 7 nitrogen and oxygen atoms in total. The van der Waals surface area contributed by atoms with Crippen molar-refractivity contribution in [2.75, 3.05) is 44.1 Å². The van der Waals surface area contributed by atoms with E-state index in [0.717, 1.165) is 11.3 Å². The van der Waals surface area contributed by atoms with Crippen molar-refractivity contribution in [1.29, 1.82) is 0 Å². The SMILES string of the molecule is CN(Cc1ccc(N(C)C)cc1)C(=O)C1CC(=O)N(C2CCS(=O)(=O)C2)C1. The fourth-order valence-corrected chi connectivity index (χ4v) is 5.56. The molecule has 2 fully saturated rings. The molecule has 2 aliphatic heterocycles. The van der Waals surface area contributed by atoms with Crippen LogP contribution in [0.5, 0.6) is 0 Å². The molecule has 2 aliphatic rings. The monoisotopic (exact) mass is 393 g/mol. The van der Waals surface area contributed by atoms with Crippen molar-refractivity contribution >= 4 is 27.3 Å². The number of likely N-dealkylation sites (tertiary alicyclic amines) is 1. The van der Waals surface area contributed by atoms with Crippen LogP contribution in [0.2, 0.25) is 0 Å². The third-order valence-electron chi connectivity index (χ3n) is 5.41. The van der Waals surface area contributed by atoms with E-state index in [1.165, 1.54) is 0 Å². The summed E-state index contributed by atoms with van der Waals surface area (Å²) in [4.78, 5) is 30.4. The molecule has 0 saturated carbocycles. The molecule has 148 valence electrons. The molecule has 2 unspecified atom stereocenters. The summed E-state index contributed by atoms with van der Waals surface area (Å²) in [5, 5.41) is 0. The highest BCUT2D eigenvalue weighted by molar-refractivity contribution is 7.91. The van der Waals surface area contributed by atoms with Crippen LogP contribution in [0.1, 0.15) is 18.4 Å². The first kappa shape index (κ1) is 19.7. The van der Waals surface area contributed by atoms with Crippen LogP contribution in [0.4, 0.5) is 5.69 Å². The molecule has 0 aliphatic carbocycles. The van der Waals surface area contributed by atoms with Gasteiger partial charge >= 0.3 is 0 Å². The van der Waals surface area contributed by atoms with Crippen molar-refractivity contribution in [2.45, 2.75) is 25.4 Å². The van der Waals surface area contributed by atoms with Crippen LogP contribution >= 0.6 is 0 Å². The van der Waals surface area contributed by atoms with Crippen LogP contribution in [0.15, 0.2) is 24.3 Å². The molecule has 2 amide bonds. The Balaban J connectivity index is 1.59. The summed E-state index contributed by atoms with van der Waals surface area (Å²) in [6.07, 6.45) is 0.641. The second-order valence-electron chi connectivity index (χ2n) is 7.76. The Kier molecular flexibility index (Phi) is 5.46. The molecule has 27 heavy (non-hydrogen) atoms. The lowest BCUT2D eigenvalue weighted by molar-refractivity contribution is -0.135. The first-order valence-corrected chi connectivity index (χ1v) is 11.0. The van der Waals surface area contributed by atoms with E-state index in [4.69, 9.17) is 0 Å². The maximum atomic E-state index is 12.8. The van der Waals surface area contributed by atoms with E-state index in [2.05, 4.69) is 0 Å². The number of anilines is 1. The van der Waals surface area contributed by atoms with Crippen LogP contribution < -0.4 is 4.90 Å². The highest BCUT2D eigenvalue weighted by Crippen LogP contribution is 2.27. The minimum Gasteiger partial charge on any atom is -0.378 e. The number of hydrogen-bond donors (Lipinski definition) is 0. The Labute approximate surface area is 160 Å². The van der Waals surface area contributed by atoms with E-state index in [9.17, 15) is 18.0 Å². The van der Waals surface area contributed by atoms with Gasteiger partial charge < -0.3 is 14.7 Å². The quantitative estimate of drug-likeness (QED) is 0.738. The molecule has 1 aromatic rings. The van der Waals surface area contributed by atoms with Gasteiger partial charge in [0.25, 0.3) is 0 Å². The first-order chi connectivity index (χ1) is 12.7. The van der Waals surface area contributed by atoms with Gasteiger partial charge in [0, 0.05) is 52.4 Å². The Bertz CT molecular complexity index is 820. The number of carbonyl (C=O) groups is 2. The van der Waals surface area contributed by atoms with Crippen molar-refractivity contribution in [2.24, 2.45) is 5.92 Å². The Morgan fingerprint density at radius 3 is 2.41 bits per heavy atom. The maximum absolute atomic E-state index is 12.8. The van der Waals surface area contributed by atoms with E-state index in [1.807, 2.05) is 43.3 Å². The number of carbonyl (C=O) groups excluding carboxylic acids is 2. The second-order valence-corrected chi connectivity index (χ2v) is 9.99. The lowest BCUT2D eigenvalue weighted by Crippen LogP contribution is -2.39. The molecule has 1 aromatic carbocycles. The summed E-state index contributed by atoms with van der Waals surface area (Å²) in [5.74, 6) is -0.425. The Morgan fingerprint density at radius 2 is 1.85 bits per heavy atom. The van der Waals surface area contributed by atoms with Crippen LogP contribution in [0, 0.1) is 5.92 Å². The van der Waals surface area contributed by atoms with E-state index in [0.29, 0.717) is 19.5 Å². The number of hydrogen-bond acceptors (Lipinski definition) is 5. The largest absolute Gasteiger partial charge is 0.378 e. The molecule has 0 N–H and O–H groups in total. The molecule has 8 heteroatoms. The van der Waals surface area contributed by atoms with Crippen LogP contribution in [-0.2, 0) is 26.0 Å². The van der Waals surface area contributed by atoms with Crippen LogP contribution in [0.25, 0.3) is 0 Å². The summed E-state index contributed by atoms with van der Waals surface area (Å²) in [6.45, 7) is 0.802. The summed E-state index contributed by atoms with van der Waals surface area (Å²) >= 11 is 0. The van der Waals surface area contributed by atoms with Gasteiger partial charge in [-0.3, -0.25) is 9.59 Å². The smallest absolute Gasteiger partial charge is 0.228 e. The first-order valence-electron chi connectivity index (χ1n) is 9.17. The fraction of sp³-hybridized carbons (Fsp3) is 0.579. The van der Waals surface area contributed by atoms with Crippen molar-refractivity contribution in [3.63, 3.8) is 0 Å². The molecule has 0 radical (unpaired) electrons. The summed E-state index contributed by atoms with van der Waals surface area (Å²) in [6, 6.07) is 7.73. The lowest BCUT2D eigenvalue weighted by atomic mass is 10.1. The number of benzene rings is 1. The molecule has 0 spiro atoms. The molecular formula is C19H27N3O4S. The number of sulfone groups is 1. The summed E-state index contributed by atoms with van der Waals surface area (Å²) < 4.78 is 23.4. The van der Waals surface area contributed by atoms with E-state index in [-0.39, 0.29) is 35.8 Å². The van der Waals surface area contributed by atoms with Crippen LogP contribution in [0.3, 0.4) is 0 Å². The highest BCUT2D eigenvalue weighted by atomic mass is 32.2. The number of amides is 2. The molecule has 0 bridgehead atoms. The molecular weight excluding hydrogens is 366 g/mol. The van der Waals surface area contributed by atoms with E-state index < -0.39 is 15.8 Å². The predicted octanol–water partition coefficient (Wildman–Crippen LogP) is 0.747. The van der Waals surface area contributed by atoms with E-state index >= 15 is 0 Å². The highest BCUT2D eigenvalue weighted by Gasteiger charge is 2.42. The summed E-state index contributed by atoms with van der Waals surface area (Å²) in [7, 11) is 2.64. The molecule has 2 heterocycles. The minimum absolute atomic E-state index is 0.0215. The predicted molar refractivity (Wildman–Crippen MR) is 104 cm³/mol. The third-order valence-corrected chi connectivity index (χ3v) is 7.16. The average molecular weight is 394 g/mol. The summed E-state index contributed by atoms with van der Waals surface area (Å²) in [5.41, 5.74) is 2.12. The lowest BCUT2D eigenvalue weighted by Gasteiger charge is -2.24. The zero-order valence-electron chi connectivity index (χ0n) is 16.1. The zero-order valence-corrected chi connectivity index (χ0v) is 16.9. The molecule has 0 aromatic heterocycles. The number of nitrogens with zero attached hydrogens (tertiary/aromatic N) is 3. The Morgan fingerprint density at radius 1 is 1.19 bits per heavy atom. The third kappa shape index (κ3) is 4.43. The molecule has 2 saturated heterocycles. The van der Waals surface area contributed by atoms with Gasteiger partial charge in [0.2, 0.25) is 11.8 Å². The van der Waals surface area contributed by atoms with Gasteiger partial charge in [0.15, 0.2) is 9.84 Å². The van der Waals surface area contributed by atoms with Gasteiger partial charge in [-0.05, 0) is 24.1 Å². The maximum Gasteiger partial charge on any atom is 0.228 e. The standard InChI is InChI=1S/C19H27N3O4S/c1-20(2)16-6-4-14(5-7-16)11-21(3)19(24)15-10-18(23)22(12-15)17-8-9-27(25,26)13-17/h4-7,15,17H,8-13H2,1-3H3. The van der Waals surface area contributed by atoms with Gasteiger partial charge in [-0.15, -0.1) is 0 Å². The fourth-order valence-electron chi connectivity index (χ4n) is 3.83. The van der Waals surface area contributed by atoms with Gasteiger partial charge in [0.1, 0.15) is 0 Å². The van der Waals surface area contributed by atoms with Crippen molar-refractivity contribution in [3.05, 3.63) is 29.8 Å². The van der Waals surface area contributed by atoms with Gasteiger partial charge in [0.05, 0.1) is 17.4 Å². The zero-order chi connectivity index (χ0) is 19.8. The van der Waals surface area contributed by atoms with Crippen molar-refractivity contribution in [1.82, 2.24) is 9.80 Å². The van der Waals surface area contributed by atoms with Gasteiger partial charge in [-0.2, -0.15) is 0 Å². The molecule has 3 rings (SSSR count). The van der Waals surface area contributed by atoms with Gasteiger partial charge in [-0.1, -0.05) is 12.1 Å². The topological polar surface area (TPSA) is 78.0 Å². The van der Waals surface area contributed by atoms with Gasteiger partial charge in [-0.25, -0.2) is 8.42 Å². The van der Waals surface area contributed by atoms with E-state index in [1.54, 1.807) is 16.8 Å². The van der Waals surface area contributed by atoms with Crippen molar-refractivity contribution in [3.8, 4) is 0 Å². The second kappa shape index (κ2) is 7.50. The normalized spacial score (nSPS) is 24.3. The van der Waals surface area contributed by atoms with Crippen molar-refractivity contribution < 1.29 is 18.0 Å². The Hall–Kier alpha value is -2.09.